The molecule has 3 heteroatoms. The van der Waals surface area contributed by atoms with Crippen molar-refractivity contribution in [2.75, 3.05) is 0 Å². The van der Waals surface area contributed by atoms with Crippen molar-refractivity contribution in [2.45, 2.75) is 43.9 Å². The van der Waals surface area contributed by atoms with Gasteiger partial charge < -0.3 is 0 Å². The molecule has 0 bridgehead atoms. The molecule has 0 aromatic heterocycles. The first-order valence-corrected chi connectivity index (χ1v) is 8.05. The van der Waals surface area contributed by atoms with E-state index in [0.29, 0.717) is 10.3 Å². The standard InChI is InChI=1S/C15H19ClOS/c1-12-7-9-14(10-8-12)18(17)15(16)11-13-5-3-2-4-6-13/h7-11,13H,2-6H2,1H3/b15-11-. The van der Waals surface area contributed by atoms with Crippen molar-refractivity contribution in [3.63, 3.8) is 0 Å². The summed E-state index contributed by atoms with van der Waals surface area (Å²) in [5.74, 6) is 0.514. The third-order valence-electron chi connectivity index (χ3n) is 3.43. The summed E-state index contributed by atoms with van der Waals surface area (Å²) in [4.78, 5) is 0.789. The molecule has 18 heavy (non-hydrogen) atoms. The number of allylic oxidation sites excluding steroid dienone is 1. The second-order valence-electron chi connectivity index (χ2n) is 4.95. The van der Waals surface area contributed by atoms with Crippen LogP contribution in [0.15, 0.2) is 39.6 Å². The summed E-state index contributed by atoms with van der Waals surface area (Å²) in [5.41, 5.74) is 1.17. The average molecular weight is 283 g/mol. The van der Waals surface area contributed by atoms with Gasteiger partial charge in [0.05, 0.1) is 10.8 Å². The molecule has 1 aliphatic rings. The summed E-state index contributed by atoms with van der Waals surface area (Å²) in [6.45, 7) is 2.02. The van der Waals surface area contributed by atoms with Crippen molar-refractivity contribution in [3.05, 3.63) is 40.3 Å². The van der Waals surface area contributed by atoms with Crippen LogP contribution in [0, 0.1) is 12.8 Å². The Morgan fingerprint density at radius 3 is 2.44 bits per heavy atom. The highest BCUT2D eigenvalue weighted by atomic mass is 35.5. The van der Waals surface area contributed by atoms with E-state index in [1.165, 1.54) is 37.7 Å². The van der Waals surface area contributed by atoms with E-state index in [2.05, 4.69) is 0 Å². The highest BCUT2D eigenvalue weighted by Crippen LogP contribution is 2.28. The molecule has 1 aromatic carbocycles. The zero-order valence-electron chi connectivity index (χ0n) is 10.7. The van der Waals surface area contributed by atoms with Gasteiger partial charge in [-0.1, -0.05) is 54.6 Å². The van der Waals surface area contributed by atoms with Gasteiger partial charge in [-0.3, -0.25) is 0 Å². The maximum atomic E-state index is 12.2. The van der Waals surface area contributed by atoms with Gasteiger partial charge in [-0.15, -0.1) is 0 Å². The third kappa shape index (κ3) is 3.69. The van der Waals surface area contributed by atoms with Gasteiger partial charge in [0.1, 0.15) is 4.36 Å². The van der Waals surface area contributed by atoms with E-state index in [-0.39, 0.29) is 0 Å². The Kier molecular flexibility index (Phi) is 5.02. The molecule has 1 aliphatic carbocycles. The van der Waals surface area contributed by atoms with E-state index < -0.39 is 10.8 Å². The second kappa shape index (κ2) is 6.53. The minimum absolute atomic E-state index is 0.491. The van der Waals surface area contributed by atoms with Gasteiger partial charge >= 0.3 is 0 Å². The number of hydrogen-bond donors (Lipinski definition) is 0. The summed E-state index contributed by atoms with van der Waals surface area (Å²) >= 11 is 6.20. The lowest BCUT2D eigenvalue weighted by Crippen LogP contribution is -2.04. The fourth-order valence-electron chi connectivity index (χ4n) is 2.32. The van der Waals surface area contributed by atoms with Gasteiger partial charge in [0.25, 0.3) is 0 Å². The molecule has 1 saturated carbocycles. The summed E-state index contributed by atoms with van der Waals surface area (Å²) < 4.78 is 12.7. The van der Waals surface area contributed by atoms with Crippen molar-refractivity contribution in [3.8, 4) is 0 Å². The molecule has 0 heterocycles. The summed E-state index contributed by atoms with van der Waals surface area (Å²) in [6.07, 6.45) is 8.23. The van der Waals surface area contributed by atoms with Crippen LogP contribution in [0.2, 0.25) is 0 Å². The van der Waals surface area contributed by atoms with Crippen molar-refractivity contribution in [1.82, 2.24) is 0 Å². The van der Waals surface area contributed by atoms with Gasteiger partial charge in [-0.2, -0.15) is 0 Å². The molecule has 0 saturated heterocycles. The predicted molar refractivity (Wildman–Crippen MR) is 78.1 cm³/mol. The molecule has 1 aromatic rings. The molecule has 0 radical (unpaired) electrons. The highest BCUT2D eigenvalue weighted by Gasteiger charge is 2.14. The SMILES string of the molecule is Cc1ccc(S(=O)/C(Cl)=C\C2CCCCC2)cc1. The first kappa shape index (κ1) is 13.8. The summed E-state index contributed by atoms with van der Waals surface area (Å²) in [6, 6.07) is 7.72. The molecule has 0 aliphatic heterocycles. The van der Waals surface area contributed by atoms with Gasteiger partial charge in [0.2, 0.25) is 0 Å². The normalized spacial score (nSPS) is 19.8. The van der Waals surface area contributed by atoms with Gasteiger partial charge in [0.15, 0.2) is 0 Å². The minimum atomic E-state index is -1.21. The molecule has 1 fully saturated rings. The van der Waals surface area contributed by atoms with Crippen molar-refractivity contribution < 1.29 is 4.21 Å². The van der Waals surface area contributed by atoms with Gasteiger partial charge in [-0.05, 0) is 37.8 Å². The van der Waals surface area contributed by atoms with Crippen molar-refractivity contribution in [2.24, 2.45) is 5.92 Å². The number of aryl methyl sites for hydroxylation is 1. The van der Waals surface area contributed by atoms with E-state index in [9.17, 15) is 4.21 Å². The first-order chi connectivity index (χ1) is 8.66. The first-order valence-electron chi connectivity index (χ1n) is 6.52. The van der Waals surface area contributed by atoms with Crippen LogP contribution >= 0.6 is 11.6 Å². The lowest BCUT2D eigenvalue weighted by Gasteiger charge is -2.18. The van der Waals surface area contributed by atoms with E-state index in [4.69, 9.17) is 11.6 Å². The topological polar surface area (TPSA) is 17.1 Å². The fraction of sp³-hybridized carbons (Fsp3) is 0.467. The average Bonchev–Trinajstić information content (AvgIpc) is 2.40. The van der Waals surface area contributed by atoms with E-state index in [1.807, 2.05) is 37.3 Å². The number of rotatable bonds is 3. The van der Waals surface area contributed by atoms with Crippen molar-refractivity contribution >= 4 is 22.4 Å². The zero-order chi connectivity index (χ0) is 13.0. The lowest BCUT2D eigenvalue weighted by molar-refractivity contribution is 0.419. The molecule has 2 rings (SSSR count). The quantitative estimate of drug-likeness (QED) is 0.781. The van der Waals surface area contributed by atoms with Crippen molar-refractivity contribution in [1.29, 1.82) is 0 Å². The van der Waals surface area contributed by atoms with E-state index in [1.54, 1.807) is 0 Å². The molecule has 0 N–H and O–H groups in total. The van der Waals surface area contributed by atoms with Crippen LogP contribution in [0.3, 0.4) is 0 Å². The monoisotopic (exact) mass is 282 g/mol. The largest absolute Gasteiger partial charge is 0.248 e. The number of halogens is 1. The predicted octanol–water partition coefficient (Wildman–Crippen LogP) is 4.76. The van der Waals surface area contributed by atoms with Crippen LogP contribution < -0.4 is 0 Å². The van der Waals surface area contributed by atoms with Crippen LogP contribution in [0.1, 0.15) is 37.7 Å². The molecule has 0 amide bonds. The molecule has 1 atom stereocenters. The Bertz CT molecular complexity index is 444. The van der Waals surface area contributed by atoms with Crippen LogP contribution in [0.4, 0.5) is 0 Å². The van der Waals surface area contributed by atoms with Crippen LogP contribution in [0.5, 0.6) is 0 Å². The Balaban J connectivity index is 2.07. The molecule has 98 valence electrons. The lowest BCUT2D eigenvalue weighted by atomic mass is 9.90. The smallest absolute Gasteiger partial charge is 0.106 e. The Hall–Kier alpha value is -0.600. The molecule has 1 unspecified atom stereocenters. The van der Waals surface area contributed by atoms with Gasteiger partial charge in [-0.25, -0.2) is 4.21 Å². The van der Waals surface area contributed by atoms with E-state index in [0.717, 1.165) is 4.90 Å². The molecular formula is C15H19ClOS. The molecule has 1 nitrogen and oxygen atoms in total. The Morgan fingerprint density at radius 1 is 1.22 bits per heavy atom. The van der Waals surface area contributed by atoms with Crippen LogP contribution in [-0.2, 0) is 10.8 Å². The Labute approximate surface area is 117 Å². The fourth-order valence-corrected chi connectivity index (χ4v) is 3.69. The number of hydrogen-bond acceptors (Lipinski definition) is 1. The molecule has 0 spiro atoms. The summed E-state index contributed by atoms with van der Waals surface area (Å²) in [5, 5.41) is 0. The zero-order valence-corrected chi connectivity index (χ0v) is 12.3. The maximum Gasteiger partial charge on any atom is 0.106 e. The van der Waals surface area contributed by atoms with Gasteiger partial charge in [0, 0.05) is 4.90 Å². The maximum absolute atomic E-state index is 12.2. The van der Waals surface area contributed by atoms with E-state index >= 15 is 0 Å². The summed E-state index contributed by atoms with van der Waals surface area (Å²) in [7, 11) is -1.21. The minimum Gasteiger partial charge on any atom is -0.248 e. The van der Waals surface area contributed by atoms with Crippen LogP contribution in [0.25, 0.3) is 0 Å². The highest BCUT2D eigenvalue weighted by molar-refractivity contribution is 7.90. The molecular weight excluding hydrogens is 264 g/mol. The number of benzene rings is 1. The second-order valence-corrected chi connectivity index (χ2v) is 7.03. The van der Waals surface area contributed by atoms with Crippen LogP contribution in [-0.4, -0.2) is 4.21 Å². The Morgan fingerprint density at radius 2 is 1.83 bits per heavy atom. The third-order valence-corrected chi connectivity index (χ3v) is 5.17.